The van der Waals surface area contributed by atoms with E-state index in [0.717, 1.165) is 12.0 Å². The number of carbonyl (C=O) groups is 2. The fourth-order valence-electron chi connectivity index (χ4n) is 4.03. The Labute approximate surface area is 203 Å². The highest BCUT2D eigenvalue weighted by atomic mass is 32.1. The third-order valence-corrected chi connectivity index (χ3v) is 6.67. The molecule has 4 rings (SSSR count). The maximum Gasteiger partial charge on any atom is 0.290 e. The highest BCUT2D eigenvalue weighted by molar-refractivity contribution is 7.12. The van der Waals surface area contributed by atoms with E-state index >= 15 is 0 Å². The van der Waals surface area contributed by atoms with Gasteiger partial charge in [-0.15, -0.1) is 11.3 Å². The number of hydrogen-bond acceptors (Lipinski definition) is 6. The van der Waals surface area contributed by atoms with E-state index < -0.39 is 17.7 Å². The number of amides is 1. The molecule has 0 bridgehead atoms. The second-order valence-electron chi connectivity index (χ2n) is 8.73. The lowest BCUT2D eigenvalue weighted by atomic mass is 9.95. The van der Waals surface area contributed by atoms with E-state index in [4.69, 9.17) is 4.74 Å². The van der Waals surface area contributed by atoms with Crippen molar-refractivity contribution in [3.8, 4) is 5.75 Å². The van der Waals surface area contributed by atoms with Crippen LogP contribution in [0.4, 0.5) is 0 Å². The Morgan fingerprint density at radius 2 is 2.09 bits per heavy atom. The fraction of sp³-hybridized carbons (Fsp3) is 0.346. The number of Topliss-reactive ketones (excluding diaryl/α,β-unsaturated/α-hetero) is 1. The minimum atomic E-state index is -0.682. The van der Waals surface area contributed by atoms with Crippen molar-refractivity contribution in [1.82, 2.24) is 14.5 Å². The van der Waals surface area contributed by atoms with Gasteiger partial charge in [0, 0.05) is 25.5 Å². The van der Waals surface area contributed by atoms with Crippen molar-refractivity contribution >= 4 is 23.0 Å². The summed E-state index contributed by atoms with van der Waals surface area (Å²) < 4.78 is 7.86. The summed E-state index contributed by atoms with van der Waals surface area (Å²) in [5, 5.41) is 12.6. The molecular formula is C26H29N3O4S. The van der Waals surface area contributed by atoms with E-state index in [1.165, 1.54) is 11.3 Å². The molecule has 178 valence electrons. The van der Waals surface area contributed by atoms with Gasteiger partial charge in [-0.25, -0.2) is 4.98 Å². The highest BCUT2D eigenvalue weighted by Crippen LogP contribution is 2.40. The first-order chi connectivity index (χ1) is 16.5. The number of imidazole rings is 1. The number of thiophene rings is 1. The quantitative estimate of drug-likeness (QED) is 0.390. The second-order valence-corrected chi connectivity index (χ2v) is 9.68. The van der Waals surface area contributed by atoms with E-state index in [0.29, 0.717) is 42.7 Å². The van der Waals surface area contributed by atoms with E-state index in [-0.39, 0.29) is 11.4 Å². The SMILES string of the molecule is CC(C)CCOc1cccc(C2C(C(=O)c3cccs3)=C(O)C(=O)N2CCCn2ccnc2)c1. The normalized spacial score (nSPS) is 16.0. The molecule has 0 radical (unpaired) electrons. The molecule has 0 saturated heterocycles. The minimum Gasteiger partial charge on any atom is -0.503 e. The summed E-state index contributed by atoms with van der Waals surface area (Å²) in [6.45, 7) is 5.92. The van der Waals surface area contributed by atoms with Gasteiger partial charge in [0.15, 0.2) is 5.76 Å². The Morgan fingerprint density at radius 3 is 2.79 bits per heavy atom. The van der Waals surface area contributed by atoms with Gasteiger partial charge in [0.25, 0.3) is 5.91 Å². The number of aliphatic hydroxyl groups excluding tert-OH is 1. The zero-order valence-electron chi connectivity index (χ0n) is 19.4. The Bertz CT molecular complexity index is 1150. The van der Waals surface area contributed by atoms with E-state index in [9.17, 15) is 14.7 Å². The number of rotatable bonds is 11. The Morgan fingerprint density at radius 1 is 1.24 bits per heavy atom. The molecule has 2 aromatic heterocycles. The maximum absolute atomic E-state index is 13.4. The predicted molar refractivity (Wildman–Crippen MR) is 131 cm³/mol. The number of ketones is 1. The lowest BCUT2D eigenvalue weighted by Crippen LogP contribution is -2.32. The number of hydrogen-bond donors (Lipinski definition) is 1. The largest absolute Gasteiger partial charge is 0.503 e. The summed E-state index contributed by atoms with van der Waals surface area (Å²) in [6.07, 6.45) is 6.87. The summed E-state index contributed by atoms with van der Waals surface area (Å²) in [5.41, 5.74) is 0.858. The van der Waals surface area contributed by atoms with Crippen molar-refractivity contribution in [3.63, 3.8) is 0 Å². The molecule has 1 aromatic carbocycles. The lowest BCUT2D eigenvalue weighted by molar-refractivity contribution is -0.129. The molecule has 1 amide bonds. The van der Waals surface area contributed by atoms with E-state index in [1.54, 1.807) is 29.6 Å². The van der Waals surface area contributed by atoms with Crippen molar-refractivity contribution in [2.45, 2.75) is 39.3 Å². The van der Waals surface area contributed by atoms with Crippen LogP contribution in [0, 0.1) is 5.92 Å². The number of aryl methyl sites for hydroxylation is 1. The molecule has 1 unspecified atom stereocenters. The molecule has 1 N–H and O–H groups in total. The van der Waals surface area contributed by atoms with Gasteiger partial charge < -0.3 is 19.3 Å². The first kappa shape index (κ1) is 23.8. The van der Waals surface area contributed by atoms with Gasteiger partial charge in [-0.3, -0.25) is 9.59 Å². The fourth-order valence-corrected chi connectivity index (χ4v) is 4.71. The van der Waals surface area contributed by atoms with Crippen molar-refractivity contribution in [2.24, 2.45) is 5.92 Å². The molecule has 0 spiro atoms. The molecule has 3 aromatic rings. The molecular weight excluding hydrogens is 450 g/mol. The number of benzene rings is 1. The van der Waals surface area contributed by atoms with E-state index in [2.05, 4.69) is 18.8 Å². The first-order valence-corrected chi connectivity index (χ1v) is 12.3. The van der Waals surface area contributed by atoms with Crippen molar-refractivity contribution in [1.29, 1.82) is 0 Å². The minimum absolute atomic E-state index is 0.120. The standard InChI is InChI=1S/C26H29N3O4S/c1-18(2)9-14-33-20-7-3-6-19(16-20)23-22(24(30)21-8-4-15-34-21)25(31)26(32)29(23)12-5-11-28-13-10-27-17-28/h3-4,6-8,10,13,15-18,23,31H,5,9,11-12,14H2,1-2H3. The lowest BCUT2D eigenvalue weighted by Gasteiger charge is -2.27. The molecule has 0 aliphatic carbocycles. The summed E-state index contributed by atoms with van der Waals surface area (Å²) >= 11 is 1.29. The molecule has 1 aliphatic rings. The smallest absolute Gasteiger partial charge is 0.290 e. The Kier molecular flexibility index (Phi) is 7.47. The molecule has 3 heterocycles. The van der Waals surface area contributed by atoms with Gasteiger partial charge in [-0.05, 0) is 47.9 Å². The molecule has 34 heavy (non-hydrogen) atoms. The van der Waals surface area contributed by atoms with Crippen molar-refractivity contribution in [3.05, 3.63) is 82.3 Å². The van der Waals surface area contributed by atoms with Crippen LogP contribution >= 0.6 is 11.3 Å². The van der Waals surface area contributed by atoms with Gasteiger partial charge in [-0.2, -0.15) is 0 Å². The molecule has 1 atom stereocenters. The van der Waals surface area contributed by atoms with Crippen LogP contribution in [0.1, 0.15) is 48.0 Å². The van der Waals surface area contributed by atoms with Gasteiger partial charge in [0.1, 0.15) is 5.75 Å². The average molecular weight is 480 g/mol. The summed E-state index contributed by atoms with van der Waals surface area (Å²) in [5.74, 6) is -0.122. The molecule has 0 fully saturated rings. The monoisotopic (exact) mass is 479 g/mol. The van der Waals surface area contributed by atoms with Crippen LogP contribution in [0.3, 0.4) is 0 Å². The van der Waals surface area contributed by atoms with Crippen molar-refractivity contribution < 1.29 is 19.4 Å². The average Bonchev–Trinajstić information content (AvgIpc) is 3.57. The van der Waals surface area contributed by atoms with Crippen LogP contribution in [-0.4, -0.2) is 44.4 Å². The summed E-state index contributed by atoms with van der Waals surface area (Å²) in [6, 6.07) is 10.3. The molecule has 8 heteroatoms. The van der Waals surface area contributed by atoms with Crippen LogP contribution in [0.15, 0.2) is 71.8 Å². The van der Waals surface area contributed by atoms with Crippen LogP contribution in [0.5, 0.6) is 5.75 Å². The second kappa shape index (κ2) is 10.7. The summed E-state index contributed by atoms with van der Waals surface area (Å²) in [4.78, 5) is 32.6. The highest BCUT2D eigenvalue weighted by Gasteiger charge is 2.43. The number of aliphatic hydroxyl groups is 1. The number of ether oxygens (including phenoxy) is 1. The predicted octanol–water partition coefficient (Wildman–Crippen LogP) is 5.04. The van der Waals surface area contributed by atoms with Crippen LogP contribution in [0.2, 0.25) is 0 Å². The Balaban J connectivity index is 1.62. The zero-order chi connectivity index (χ0) is 24.1. The third-order valence-electron chi connectivity index (χ3n) is 5.81. The van der Waals surface area contributed by atoms with Crippen LogP contribution in [-0.2, 0) is 11.3 Å². The van der Waals surface area contributed by atoms with Gasteiger partial charge >= 0.3 is 0 Å². The third kappa shape index (κ3) is 5.22. The van der Waals surface area contributed by atoms with Crippen LogP contribution in [0.25, 0.3) is 0 Å². The molecule has 0 saturated carbocycles. The number of aromatic nitrogens is 2. The number of nitrogens with zero attached hydrogens (tertiary/aromatic N) is 3. The van der Waals surface area contributed by atoms with E-state index in [1.807, 2.05) is 40.4 Å². The topological polar surface area (TPSA) is 84.7 Å². The van der Waals surface area contributed by atoms with Crippen molar-refractivity contribution in [2.75, 3.05) is 13.2 Å². The van der Waals surface area contributed by atoms with Gasteiger partial charge in [0.05, 0.1) is 29.4 Å². The van der Waals surface area contributed by atoms with Gasteiger partial charge in [-0.1, -0.05) is 32.0 Å². The first-order valence-electron chi connectivity index (χ1n) is 11.5. The molecule has 1 aliphatic heterocycles. The van der Waals surface area contributed by atoms with Gasteiger partial charge in [0.2, 0.25) is 5.78 Å². The summed E-state index contributed by atoms with van der Waals surface area (Å²) in [7, 11) is 0. The zero-order valence-corrected chi connectivity index (χ0v) is 20.2. The maximum atomic E-state index is 13.4. The Hall–Kier alpha value is -3.39. The molecule has 7 nitrogen and oxygen atoms in total. The van der Waals surface area contributed by atoms with Crippen LogP contribution < -0.4 is 4.74 Å². The number of carbonyl (C=O) groups excluding carboxylic acids is 2.